The average molecular weight is 277 g/mol. The SMILES string of the molecule is CCCCCCC(=O)NCc1cccc(C(=O)CC)c1.[HH]. The maximum atomic E-state index is 11.7. The standard InChI is InChI=1S/C17H25NO2.H2/c1-3-5-6-7-11-17(20)18-13-14-9-8-10-15(12-14)16(19)4-2;/h8-10,12H,3-7,11,13H2,1-2H3,(H,18,20);1H. The molecule has 3 heteroatoms. The van der Waals surface area contributed by atoms with Crippen LogP contribution in [0.25, 0.3) is 0 Å². The fourth-order valence-corrected chi connectivity index (χ4v) is 2.06. The minimum absolute atomic E-state index is 0. The first-order valence-corrected chi connectivity index (χ1v) is 7.56. The van der Waals surface area contributed by atoms with Crippen molar-refractivity contribution in [3.8, 4) is 0 Å². The second kappa shape index (κ2) is 9.29. The molecule has 1 N–H and O–H groups in total. The van der Waals surface area contributed by atoms with Crippen LogP contribution in [0.15, 0.2) is 24.3 Å². The number of benzene rings is 1. The van der Waals surface area contributed by atoms with Crippen LogP contribution < -0.4 is 5.32 Å². The first-order valence-electron chi connectivity index (χ1n) is 7.56. The zero-order valence-electron chi connectivity index (χ0n) is 12.6. The molecule has 0 aliphatic heterocycles. The van der Waals surface area contributed by atoms with E-state index in [-0.39, 0.29) is 13.1 Å². The Balaban J connectivity index is 0.00000400. The molecule has 0 bridgehead atoms. The number of Topliss-reactive ketones (excluding diaryl/α,β-unsaturated/α-hetero) is 1. The fraction of sp³-hybridized carbons (Fsp3) is 0.529. The van der Waals surface area contributed by atoms with Gasteiger partial charge in [-0.05, 0) is 18.1 Å². The van der Waals surface area contributed by atoms with Crippen molar-refractivity contribution in [1.29, 1.82) is 0 Å². The molecule has 0 saturated heterocycles. The second-order valence-corrected chi connectivity index (χ2v) is 5.06. The number of hydrogen-bond donors (Lipinski definition) is 1. The number of rotatable bonds is 9. The van der Waals surface area contributed by atoms with E-state index in [1.165, 1.54) is 12.8 Å². The Morgan fingerprint density at radius 1 is 1.15 bits per heavy atom. The molecule has 0 saturated carbocycles. The van der Waals surface area contributed by atoms with E-state index in [4.69, 9.17) is 0 Å². The average Bonchev–Trinajstić information content (AvgIpc) is 2.49. The Hall–Kier alpha value is -1.64. The smallest absolute Gasteiger partial charge is 0.220 e. The van der Waals surface area contributed by atoms with Crippen LogP contribution in [0, 0.1) is 0 Å². The Labute approximate surface area is 123 Å². The summed E-state index contributed by atoms with van der Waals surface area (Å²) in [5, 5.41) is 2.91. The minimum atomic E-state index is 0. The molecule has 112 valence electrons. The molecule has 0 aliphatic carbocycles. The molecule has 1 aromatic rings. The summed E-state index contributed by atoms with van der Waals surface area (Å²) in [6, 6.07) is 7.49. The lowest BCUT2D eigenvalue weighted by Gasteiger charge is -2.07. The predicted molar refractivity (Wildman–Crippen MR) is 83.8 cm³/mol. The summed E-state index contributed by atoms with van der Waals surface area (Å²) in [6.45, 7) is 4.51. The van der Waals surface area contributed by atoms with Gasteiger partial charge in [0.2, 0.25) is 5.91 Å². The molecule has 0 atom stereocenters. The maximum absolute atomic E-state index is 11.7. The lowest BCUT2D eigenvalue weighted by molar-refractivity contribution is -0.121. The molecule has 0 radical (unpaired) electrons. The van der Waals surface area contributed by atoms with E-state index >= 15 is 0 Å². The zero-order valence-corrected chi connectivity index (χ0v) is 12.6. The van der Waals surface area contributed by atoms with Gasteiger partial charge in [0.25, 0.3) is 0 Å². The number of carbonyl (C=O) groups excluding carboxylic acids is 2. The van der Waals surface area contributed by atoms with Crippen LogP contribution >= 0.6 is 0 Å². The maximum Gasteiger partial charge on any atom is 0.220 e. The van der Waals surface area contributed by atoms with Gasteiger partial charge in [0.1, 0.15) is 0 Å². The van der Waals surface area contributed by atoms with Gasteiger partial charge in [0.05, 0.1) is 0 Å². The van der Waals surface area contributed by atoms with Crippen LogP contribution in [-0.2, 0) is 11.3 Å². The van der Waals surface area contributed by atoms with Gasteiger partial charge < -0.3 is 5.32 Å². The zero-order chi connectivity index (χ0) is 14.8. The Bertz CT molecular complexity index is 446. The predicted octanol–water partition coefficient (Wildman–Crippen LogP) is 4.11. The van der Waals surface area contributed by atoms with Gasteiger partial charge in [-0.25, -0.2) is 0 Å². The van der Waals surface area contributed by atoms with E-state index in [9.17, 15) is 9.59 Å². The molecule has 0 heterocycles. The first-order chi connectivity index (χ1) is 9.67. The van der Waals surface area contributed by atoms with Crippen LogP contribution in [0.4, 0.5) is 0 Å². The highest BCUT2D eigenvalue weighted by Gasteiger charge is 2.05. The van der Waals surface area contributed by atoms with Gasteiger partial charge in [0, 0.05) is 26.4 Å². The van der Waals surface area contributed by atoms with Crippen molar-refractivity contribution in [2.75, 3.05) is 0 Å². The summed E-state index contributed by atoms with van der Waals surface area (Å²) < 4.78 is 0. The summed E-state index contributed by atoms with van der Waals surface area (Å²) in [5.41, 5.74) is 1.70. The van der Waals surface area contributed by atoms with E-state index in [2.05, 4.69) is 12.2 Å². The van der Waals surface area contributed by atoms with E-state index < -0.39 is 0 Å². The molecular formula is C17H27NO2. The summed E-state index contributed by atoms with van der Waals surface area (Å²) in [5.74, 6) is 0.228. The molecule has 0 spiro atoms. The summed E-state index contributed by atoms with van der Waals surface area (Å²) >= 11 is 0. The molecule has 1 rings (SSSR count). The minimum Gasteiger partial charge on any atom is -0.352 e. The molecule has 0 aromatic heterocycles. The number of ketones is 1. The van der Waals surface area contributed by atoms with E-state index in [0.717, 1.165) is 24.0 Å². The monoisotopic (exact) mass is 277 g/mol. The van der Waals surface area contributed by atoms with Gasteiger partial charge >= 0.3 is 0 Å². The van der Waals surface area contributed by atoms with E-state index in [0.29, 0.717) is 19.4 Å². The van der Waals surface area contributed by atoms with E-state index in [1.54, 1.807) is 0 Å². The Kier molecular flexibility index (Phi) is 7.63. The molecule has 0 fully saturated rings. The van der Waals surface area contributed by atoms with Crippen LogP contribution in [0.5, 0.6) is 0 Å². The number of unbranched alkanes of at least 4 members (excludes halogenated alkanes) is 3. The van der Waals surface area contributed by atoms with Crippen molar-refractivity contribution in [3.05, 3.63) is 35.4 Å². The van der Waals surface area contributed by atoms with Crippen LogP contribution in [0.3, 0.4) is 0 Å². The second-order valence-electron chi connectivity index (χ2n) is 5.06. The van der Waals surface area contributed by atoms with Gasteiger partial charge in [-0.15, -0.1) is 0 Å². The lowest BCUT2D eigenvalue weighted by atomic mass is 10.1. The Morgan fingerprint density at radius 2 is 1.95 bits per heavy atom. The molecular weight excluding hydrogens is 250 g/mol. The highest BCUT2D eigenvalue weighted by Crippen LogP contribution is 2.08. The molecule has 1 amide bonds. The van der Waals surface area contributed by atoms with Crippen molar-refractivity contribution < 1.29 is 11.0 Å². The number of hydrogen-bond acceptors (Lipinski definition) is 2. The number of nitrogens with one attached hydrogen (secondary N) is 1. The highest BCUT2D eigenvalue weighted by molar-refractivity contribution is 5.95. The summed E-state index contributed by atoms with van der Waals surface area (Å²) in [6.07, 6.45) is 5.54. The van der Waals surface area contributed by atoms with Crippen LogP contribution in [0.1, 0.15) is 69.7 Å². The quantitative estimate of drug-likeness (QED) is 0.545. The van der Waals surface area contributed by atoms with Crippen molar-refractivity contribution in [2.45, 2.75) is 58.9 Å². The van der Waals surface area contributed by atoms with Gasteiger partial charge in [-0.1, -0.05) is 51.3 Å². The number of carbonyl (C=O) groups is 2. The molecule has 20 heavy (non-hydrogen) atoms. The highest BCUT2D eigenvalue weighted by atomic mass is 16.1. The van der Waals surface area contributed by atoms with Crippen molar-refractivity contribution in [3.63, 3.8) is 0 Å². The van der Waals surface area contributed by atoms with Gasteiger partial charge in [-0.2, -0.15) is 0 Å². The van der Waals surface area contributed by atoms with E-state index in [1.807, 2.05) is 31.2 Å². The summed E-state index contributed by atoms with van der Waals surface area (Å²) in [4.78, 5) is 23.3. The molecule has 3 nitrogen and oxygen atoms in total. The van der Waals surface area contributed by atoms with Gasteiger partial charge in [0.15, 0.2) is 5.78 Å². The molecule has 1 aromatic carbocycles. The van der Waals surface area contributed by atoms with Crippen molar-refractivity contribution in [1.82, 2.24) is 5.32 Å². The van der Waals surface area contributed by atoms with Crippen molar-refractivity contribution in [2.24, 2.45) is 0 Å². The third-order valence-electron chi connectivity index (χ3n) is 3.32. The van der Waals surface area contributed by atoms with Gasteiger partial charge in [-0.3, -0.25) is 9.59 Å². The number of amides is 1. The topological polar surface area (TPSA) is 46.2 Å². The summed E-state index contributed by atoms with van der Waals surface area (Å²) in [7, 11) is 0. The third-order valence-corrected chi connectivity index (χ3v) is 3.32. The largest absolute Gasteiger partial charge is 0.352 e. The van der Waals surface area contributed by atoms with Crippen molar-refractivity contribution >= 4 is 11.7 Å². The van der Waals surface area contributed by atoms with Crippen LogP contribution in [-0.4, -0.2) is 11.7 Å². The molecule has 0 unspecified atom stereocenters. The fourth-order valence-electron chi connectivity index (χ4n) is 2.06. The lowest BCUT2D eigenvalue weighted by Crippen LogP contribution is -2.22. The normalized spacial score (nSPS) is 10.3. The first kappa shape index (κ1) is 16.4. The molecule has 0 aliphatic rings. The van der Waals surface area contributed by atoms with Crippen LogP contribution in [0.2, 0.25) is 0 Å². The Morgan fingerprint density at radius 3 is 2.65 bits per heavy atom. The third kappa shape index (κ3) is 6.00.